The summed E-state index contributed by atoms with van der Waals surface area (Å²) in [5, 5.41) is 10.1. The van der Waals surface area contributed by atoms with Gasteiger partial charge in [-0.3, -0.25) is 0 Å². The summed E-state index contributed by atoms with van der Waals surface area (Å²) in [6.07, 6.45) is 16.7. The minimum atomic E-state index is -1.39. The van der Waals surface area contributed by atoms with E-state index < -0.39 is 11.9 Å². The molecule has 0 saturated heterocycles. The molecule has 0 bridgehead atoms. The van der Waals surface area contributed by atoms with E-state index in [1.54, 1.807) is 0 Å². The summed E-state index contributed by atoms with van der Waals surface area (Å²) in [4.78, 5) is 21.1. The van der Waals surface area contributed by atoms with E-state index in [2.05, 4.69) is 6.92 Å². The first-order chi connectivity index (χ1) is 10.7. The molecular weight excluding hydrogens is 319 g/mol. The molecule has 0 aromatic heterocycles. The minimum Gasteiger partial charge on any atom is -0.545 e. The van der Waals surface area contributed by atoms with Crippen molar-refractivity contribution in [1.82, 2.24) is 0 Å². The Morgan fingerprint density at radius 1 is 0.783 bits per heavy atom. The number of carbonyl (C=O) groups is 2. The van der Waals surface area contributed by atoms with Crippen molar-refractivity contribution in [3.63, 3.8) is 0 Å². The van der Waals surface area contributed by atoms with E-state index in [0.717, 1.165) is 18.9 Å². The van der Waals surface area contributed by atoms with Crippen molar-refractivity contribution in [2.24, 2.45) is 0 Å². The van der Waals surface area contributed by atoms with E-state index >= 15 is 0 Å². The second kappa shape index (κ2) is 20.4. The topological polar surface area (TPSA) is 66.4 Å². The maximum atomic E-state index is 11.0. The average molecular weight is 351 g/mol. The molecule has 0 unspecified atom stereocenters. The molecular formula is C18H31KO4. The molecule has 0 saturated carbocycles. The van der Waals surface area contributed by atoms with E-state index in [0.29, 0.717) is 12.7 Å². The first-order valence-electron chi connectivity index (χ1n) is 8.72. The van der Waals surface area contributed by atoms with Crippen LogP contribution in [-0.2, 0) is 14.3 Å². The van der Waals surface area contributed by atoms with Crippen molar-refractivity contribution in [1.29, 1.82) is 0 Å². The van der Waals surface area contributed by atoms with E-state index in [4.69, 9.17) is 4.74 Å². The largest absolute Gasteiger partial charge is 1.00 e. The molecule has 0 aliphatic rings. The third kappa shape index (κ3) is 22.3. The predicted molar refractivity (Wildman–Crippen MR) is 86.2 cm³/mol. The number of carboxylic acids is 1. The Morgan fingerprint density at radius 2 is 1.22 bits per heavy atom. The molecule has 0 spiro atoms. The van der Waals surface area contributed by atoms with Crippen LogP contribution in [0.3, 0.4) is 0 Å². The monoisotopic (exact) mass is 350 g/mol. The molecule has 0 aromatic rings. The van der Waals surface area contributed by atoms with Gasteiger partial charge in [0.05, 0.1) is 12.6 Å². The Balaban J connectivity index is 0. The molecule has 0 aliphatic heterocycles. The second-order valence-electron chi connectivity index (χ2n) is 5.71. The van der Waals surface area contributed by atoms with Gasteiger partial charge in [-0.05, 0) is 12.5 Å². The van der Waals surface area contributed by atoms with Crippen LogP contribution in [0.25, 0.3) is 0 Å². The zero-order valence-corrected chi connectivity index (χ0v) is 18.1. The first kappa shape index (κ1) is 25.6. The molecule has 4 nitrogen and oxygen atoms in total. The molecule has 0 N–H and O–H groups in total. The second-order valence-corrected chi connectivity index (χ2v) is 5.71. The van der Waals surface area contributed by atoms with Crippen LogP contribution < -0.4 is 56.5 Å². The van der Waals surface area contributed by atoms with Gasteiger partial charge in [0.1, 0.15) is 0 Å². The van der Waals surface area contributed by atoms with Gasteiger partial charge in [-0.25, -0.2) is 4.79 Å². The molecule has 0 fully saturated rings. The predicted octanol–water partition coefficient (Wildman–Crippen LogP) is 0.541. The van der Waals surface area contributed by atoms with Gasteiger partial charge < -0.3 is 14.6 Å². The van der Waals surface area contributed by atoms with Crippen LogP contribution in [0.5, 0.6) is 0 Å². The van der Waals surface area contributed by atoms with Crippen LogP contribution >= 0.6 is 0 Å². The number of unbranched alkanes of at least 4 members (excludes halogenated alkanes) is 11. The smallest absolute Gasteiger partial charge is 0.545 e. The summed E-state index contributed by atoms with van der Waals surface area (Å²) < 4.78 is 4.87. The standard InChI is InChI=1S/C18H32O4.K/c1-2-3-4-5-6-7-8-9-10-11-12-13-16-22-18(21)15-14-17(19)20;/h14-15H,2-13,16H2,1H3,(H,19,20);/q;+1/p-1/b15-14+;. The fraction of sp³-hybridized carbons (Fsp3) is 0.778. The quantitative estimate of drug-likeness (QED) is 0.187. The first-order valence-corrected chi connectivity index (χ1v) is 8.72. The third-order valence-electron chi connectivity index (χ3n) is 3.60. The van der Waals surface area contributed by atoms with Crippen molar-refractivity contribution in [3.05, 3.63) is 12.2 Å². The number of rotatable bonds is 15. The number of carboxylic acid groups (broad SMARTS) is 1. The Morgan fingerprint density at radius 3 is 1.65 bits per heavy atom. The molecule has 128 valence electrons. The van der Waals surface area contributed by atoms with Crippen molar-refractivity contribution in [3.8, 4) is 0 Å². The molecule has 0 aromatic carbocycles. The summed E-state index contributed by atoms with van der Waals surface area (Å²) in [7, 11) is 0. The summed E-state index contributed by atoms with van der Waals surface area (Å²) in [6.45, 7) is 2.60. The molecule has 0 radical (unpaired) electrons. The van der Waals surface area contributed by atoms with Gasteiger partial charge in [0.2, 0.25) is 0 Å². The SMILES string of the molecule is CCCCCCCCCCCCCCOC(=O)/C=C/C(=O)[O-].[K+]. The van der Waals surface area contributed by atoms with Crippen LogP contribution in [0.4, 0.5) is 0 Å². The zero-order chi connectivity index (χ0) is 16.5. The Labute approximate surface area is 183 Å². The van der Waals surface area contributed by atoms with E-state index in [-0.39, 0.29) is 51.4 Å². The fourth-order valence-corrected chi connectivity index (χ4v) is 2.30. The van der Waals surface area contributed by atoms with Gasteiger partial charge in [-0.2, -0.15) is 0 Å². The number of carbonyl (C=O) groups excluding carboxylic acids is 2. The average Bonchev–Trinajstić information content (AvgIpc) is 2.49. The van der Waals surface area contributed by atoms with Crippen molar-refractivity contribution in [2.75, 3.05) is 6.61 Å². The number of hydrogen-bond donors (Lipinski definition) is 0. The molecule has 5 heteroatoms. The van der Waals surface area contributed by atoms with Gasteiger partial charge >= 0.3 is 57.4 Å². The molecule has 0 atom stereocenters. The van der Waals surface area contributed by atoms with Crippen LogP contribution in [0, 0.1) is 0 Å². The van der Waals surface area contributed by atoms with Crippen LogP contribution in [0.1, 0.15) is 84.0 Å². The van der Waals surface area contributed by atoms with Crippen LogP contribution in [0.2, 0.25) is 0 Å². The third-order valence-corrected chi connectivity index (χ3v) is 3.60. The Bertz CT molecular complexity index is 316. The maximum absolute atomic E-state index is 11.0. The summed E-state index contributed by atoms with van der Waals surface area (Å²) in [5.41, 5.74) is 0. The van der Waals surface area contributed by atoms with Crippen LogP contribution in [-0.4, -0.2) is 18.5 Å². The minimum absolute atomic E-state index is 0. The summed E-state index contributed by atoms with van der Waals surface area (Å²) in [5.74, 6) is -2.01. The number of hydrogen-bond acceptors (Lipinski definition) is 4. The Hall–Kier alpha value is 0.316. The molecule has 0 amide bonds. The zero-order valence-electron chi connectivity index (χ0n) is 15.0. The molecule has 0 rings (SSSR count). The summed E-state index contributed by atoms with van der Waals surface area (Å²) >= 11 is 0. The number of aliphatic carboxylic acids is 1. The maximum Gasteiger partial charge on any atom is 1.00 e. The molecule has 23 heavy (non-hydrogen) atoms. The Kier molecular flexibility index (Phi) is 22.6. The van der Waals surface area contributed by atoms with E-state index in [1.807, 2.05) is 0 Å². The van der Waals surface area contributed by atoms with E-state index in [1.165, 1.54) is 64.2 Å². The normalized spacial score (nSPS) is 10.5. The fourth-order valence-electron chi connectivity index (χ4n) is 2.30. The van der Waals surface area contributed by atoms with Gasteiger partial charge in [0.15, 0.2) is 0 Å². The van der Waals surface area contributed by atoms with Gasteiger partial charge in [0, 0.05) is 6.08 Å². The van der Waals surface area contributed by atoms with Gasteiger partial charge in [-0.1, -0.05) is 77.6 Å². The molecule has 0 aliphatic carbocycles. The van der Waals surface area contributed by atoms with Crippen molar-refractivity contribution >= 4 is 11.9 Å². The van der Waals surface area contributed by atoms with Crippen molar-refractivity contribution in [2.45, 2.75) is 84.0 Å². The number of esters is 1. The molecule has 0 heterocycles. The van der Waals surface area contributed by atoms with Gasteiger partial charge in [0.25, 0.3) is 0 Å². The van der Waals surface area contributed by atoms with Gasteiger partial charge in [-0.15, -0.1) is 0 Å². The number of ether oxygens (including phenoxy) is 1. The van der Waals surface area contributed by atoms with E-state index in [9.17, 15) is 14.7 Å². The summed E-state index contributed by atoms with van der Waals surface area (Å²) in [6, 6.07) is 0. The van der Waals surface area contributed by atoms with Crippen molar-refractivity contribution < 1.29 is 70.8 Å². The van der Waals surface area contributed by atoms with Crippen LogP contribution in [0.15, 0.2) is 12.2 Å².